The summed E-state index contributed by atoms with van der Waals surface area (Å²) in [6, 6.07) is 0. The molecule has 1 N–H and O–H groups in total. The molecule has 0 aliphatic carbocycles. The van der Waals surface area contributed by atoms with E-state index in [1.165, 1.54) is 0 Å². The Kier molecular flexibility index (Phi) is 4.05. The van der Waals surface area contributed by atoms with Gasteiger partial charge in [-0.2, -0.15) is 0 Å². The highest BCUT2D eigenvalue weighted by Crippen LogP contribution is 1.77. The van der Waals surface area contributed by atoms with Crippen LogP contribution in [0.2, 0.25) is 0 Å². The van der Waals surface area contributed by atoms with E-state index in [-0.39, 0.29) is 5.91 Å². The predicted molar refractivity (Wildman–Crippen MR) is 36.7 cm³/mol. The second-order valence-electron chi connectivity index (χ2n) is 1.90. The zero-order valence-electron chi connectivity index (χ0n) is 6.27. The fourth-order valence-corrected chi connectivity index (χ4v) is 0.371. The van der Waals surface area contributed by atoms with Crippen molar-refractivity contribution < 1.29 is 4.79 Å². The Morgan fingerprint density at radius 2 is 2.11 bits per heavy atom. The Morgan fingerprint density at radius 3 is 2.44 bits per heavy atom. The highest BCUT2D eigenvalue weighted by atomic mass is 16.2. The molecule has 0 atom stereocenters. The summed E-state index contributed by atoms with van der Waals surface area (Å²) in [7, 11) is 1.84. The minimum absolute atomic E-state index is 0.0688. The van der Waals surface area contributed by atoms with Crippen LogP contribution in [0.1, 0.15) is 20.3 Å². The third-order valence-electron chi connectivity index (χ3n) is 1.11. The van der Waals surface area contributed by atoms with Gasteiger partial charge in [-0.3, -0.25) is 10.2 Å². The summed E-state index contributed by atoms with van der Waals surface area (Å²) in [6.45, 7) is 4.65. The van der Waals surface area contributed by atoms with Crippen LogP contribution in [0.25, 0.3) is 0 Å². The van der Waals surface area contributed by atoms with Crippen molar-refractivity contribution in [3.8, 4) is 0 Å². The number of carbonyl (C=O) groups excluding carboxylic acids is 1. The summed E-state index contributed by atoms with van der Waals surface area (Å²) in [5.41, 5.74) is 2.67. The molecular formula is C6H14N2O. The van der Waals surface area contributed by atoms with E-state index in [2.05, 4.69) is 5.43 Å². The molecule has 0 aliphatic heterocycles. The molecule has 54 valence electrons. The van der Waals surface area contributed by atoms with Crippen molar-refractivity contribution in [2.45, 2.75) is 20.3 Å². The lowest BCUT2D eigenvalue weighted by Crippen LogP contribution is -2.38. The Morgan fingerprint density at radius 1 is 1.56 bits per heavy atom. The number of carbonyl (C=O) groups is 1. The van der Waals surface area contributed by atoms with Gasteiger partial charge in [-0.05, 0) is 0 Å². The molecule has 0 aliphatic rings. The maximum Gasteiger partial charge on any atom is 0.233 e. The maximum absolute atomic E-state index is 10.6. The van der Waals surface area contributed by atoms with Gasteiger partial charge in [0.2, 0.25) is 5.91 Å². The molecule has 0 saturated heterocycles. The highest BCUT2D eigenvalue weighted by Gasteiger charge is 1.97. The smallest absolute Gasteiger partial charge is 0.233 e. The Labute approximate surface area is 56.0 Å². The summed E-state index contributed by atoms with van der Waals surface area (Å²) in [5.74, 6) is 0.0688. The number of nitrogens with one attached hydrogen (secondary N) is 1. The molecule has 0 aromatic carbocycles. The number of hydrogen-bond donors (Lipinski definition) is 1. The van der Waals surface area contributed by atoms with Crippen LogP contribution in [0.3, 0.4) is 0 Å². The van der Waals surface area contributed by atoms with Crippen LogP contribution in [-0.4, -0.2) is 24.5 Å². The van der Waals surface area contributed by atoms with Gasteiger partial charge in [0, 0.05) is 20.0 Å². The SMILES string of the molecule is CCC(=O)NN(C)CC. The van der Waals surface area contributed by atoms with E-state index in [0.717, 1.165) is 6.54 Å². The van der Waals surface area contributed by atoms with E-state index < -0.39 is 0 Å². The zero-order valence-corrected chi connectivity index (χ0v) is 6.27. The molecule has 3 heteroatoms. The second kappa shape index (κ2) is 4.32. The molecule has 0 spiro atoms. The van der Waals surface area contributed by atoms with E-state index in [1.54, 1.807) is 5.01 Å². The first kappa shape index (κ1) is 8.43. The lowest BCUT2D eigenvalue weighted by atomic mass is 10.5. The van der Waals surface area contributed by atoms with Gasteiger partial charge in [0.05, 0.1) is 0 Å². The number of nitrogens with zero attached hydrogens (tertiary/aromatic N) is 1. The fourth-order valence-electron chi connectivity index (χ4n) is 0.371. The van der Waals surface area contributed by atoms with E-state index in [0.29, 0.717) is 6.42 Å². The van der Waals surface area contributed by atoms with Crippen LogP contribution in [0.4, 0.5) is 0 Å². The Hall–Kier alpha value is -0.570. The fraction of sp³-hybridized carbons (Fsp3) is 0.833. The first-order valence-corrected chi connectivity index (χ1v) is 3.21. The van der Waals surface area contributed by atoms with Crippen molar-refractivity contribution in [1.29, 1.82) is 0 Å². The molecule has 0 aromatic rings. The number of hydrazine groups is 1. The largest absolute Gasteiger partial charge is 0.289 e. The first-order valence-electron chi connectivity index (χ1n) is 3.21. The highest BCUT2D eigenvalue weighted by molar-refractivity contribution is 5.74. The van der Waals surface area contributed by atoms with Gasteiger partial charge in [0.25, 0.3) is 0 Å². The van der Waals surface area contributed by atoms with Crippen LogP contribution in [0, 0.1) is 0 Å². The molecule has 0 rings (SSSR count). The first-order chi connectivity index (χ1) is 4.20. The third kappa shape index (κ3) is 3.97. The number of amides is 1. The topological polar surface area (TPSA) is 32.3 Å². The van der Waals surface area contributed by atoms with Crippen LogP contribution in [-0.2, 0) is 4.79 Å². The van der Waals surface area contributed by atoms with Crippen LogP contribution in [0.5, 0.6) is 0 Å². The lowest BCUT2D eigenvalue weighted by molar-refractivity contribution is -0.124. The molecular weight excluding hydrogens is 116 g/mol. The van der Waals surface area contributed by atoms with E-state index in [9.17, 15) is 4.79 Å². The summed E-state index contributed by atoms with van der Waals surface area (Å²) in [4.78, 5) is 10.6. The normalized spacial score (nSPS) is 9.78. The van der Waals surface area contributed by atoms with Crippen molar-refractivity contribution in [3.05, 3.63) is 0 Å². The average Bonchev–Trinajstić information content (AvgIpc) is 1.87. The molecule has 0 aromatic heterocycles. The summed E-state index contributed by atoms with van der Waals surface area (Å²) in [5, 5.41) is 1.76. The van der Waals surface area contributed by atoms with Crippen molar-refractivity contribution in [2.75, 3.05) is 13.6 Å². The molecule has 9 heavy (non-hydrogen) atoms. The van der Waals surface area contributed by atoms with Crippen molar-refractivity contribution >= 4 is 5.91 Å². The van der Waals surface area contributed by atoms with E-state index in [4.69, 9.17) is 0 Å². The van der Waals surface area contributed by atoms with Gasteiger partial charge in [-0.25, -0.2) is 5.01 Å². The van der Waals surface area contributed by atoms with Gasteiger partial charge in [0.15, 0.2) is 0 Å². The van der Waals surface area contributed by atoms with Crippen LogP contribution >= 0.6 is 0 Å². The van der Waals surface area contributed by atoms with Gasteiger partial charge >= 0.3 is 0 Å². The molecule has 0 radical (unpaired) electrons. The summed E-state index contributed by atoms with van der Waals surface area (Å²) in [6.07, 6.45) is 0.546. The zero-order chi connectivity index (χ0) is 7.28. The molecule has 0 unspecified atom stereocenters. The van der Waals surface area contributed by atoms with Gasteiger partial charge in [-0.1, -0.05) is 13.8 Å². The molecule has 0 heterocycles. The minimum atomic E-state index is 0.0688. The Bertz CT molecular complexity index is 93.1. The van der Waals surface area contributed by atoms with Crippen LogP contribution in [0.15, 0.2) is 0 Å². The van der Waals surface area contributed by atoms with E-state index in [1.807, 2.05) is 20.9 Å². The quantitative estimate of drug-likeness (QED) is 0.560. The van der Waals surface area contributed by atoms with Crippen molar-refractivity contribution in [2.24, 2.45) is 0 Å². The molecule has 0 bridgehead atoms. The summed E-state index contributed by atoms with van der Waals surface area (Å²) >= 11 is 0. The molecule has 0 saturated carbocycles. The molecule has 1 amide bonds. The molecule has 3 nitrogen and oxygen atoms in total. The van der Waals surface area contributed by atoms with Gasteiger partial charge < -0.3 is 0 Å². The molecule has 0 fully saturated rings. The van der Waals surface area contributed by atoms with Crippen molar-refractivity contribution in [3.63, 3.8) is 0 Å². The van der Waals surface area contributed by atoms with Gasteiger partial charge in [-0.15, -0.1) is 0 Å². The summed E-state index contributed by atoms with van der Waals surface area (Å²) < 4.78 is 0. The van der Waals surface area contributed by atoms with Gasteiger partial charge in [0.1, 0.15) is 0 Å². The predicted octanol–water partition coefficient (Wildman–Crippen LogP) is 0.379. The number of rotatable bonds is 3. The average molecular weight is 130 g/mol. The number of hydrogen-bond acceptors (Lipinski definition) is 2. The minimum Gasteiger partial charge on any atom is -0.289 e. The van der Waals surface area contributed by atoms with Crippen molar-refractivity contribution in [1.82, 2.24) is 10.4 Å². The monoisotopic (exact) mass is 130 g/mol. The lowest BCUT2D eigenvalue weighted by Gasteiger charge is -2.13. The maximum atomic E-state index is 10.6. The standard InChI is InChI=1S/C6H14N2O/c1-4-6(9)7-8(3)5-2/h4-5H2,1-3H3,(H,7,9). The third-order valence-corrected chi connectivity index (χ3v) is 1.11. The Balaban J connectivity index is 3.34. The van der Waals surface area contributed by atoms with Crippen LogP contribution < -0.4 is 5.43 Å². The van der Waals surface area contributed by atoms with E-state index >= 15 is 0 Å². The second-order valence-corrected chi connectivity index (χ2v) is 1.90.